The van der Waals surface area contributed by atoms with Crippen molar-refractivity contribution in [3.8, 4) is 5.75 Å². The van der Waals surface area contributed by atoms with Crippen molar-refractivity contribution < 1.29 is 13.9 Å². The molecule has 2 aromatic carbocycles. The van der Waals surface area contributed by atoms with Crippen molar-refractivity contribution in [1.82, 2.24) is 0 Å². The summed E-state index contributed by atoms with van der Waals surface area (Å²) in [6, 6.07) is 12.5. The topological polar surface area (TPSA) is 41.9 Å². The summed E-state index contributed by atoms with van der Waals surface area (Å²) in [7, 11) is 1.47. The maximum absolute atomic E-state index is 14.4. The van der Waals surface area contributed by atoms with Crippen molar-refractivity contribution in [1.29, 1.82) is 0 Å². The highest BCUT2D eigenvalue weighted by molar-refractivity contribution is 6.07. The van der Waals surface area contributed by atoms with Gasteiger partial charge in [0.15, 0.2) is 5.78 Å². The van der Waals surface area contributed by atoms with Crippen molar-refractivity contribution in [2.24, 2.45) is 4.99 Å². The van der Waals surface area contributed by atoms with Crippen LogP contribution >= 0.6 is 0 Å². The minimum Gasteiger partial charge on any atom is -0.497 e. The number of aryl methyl sites for hydroxylation is 1. The number of ether oxygens (including phenoxy) is 1. The van der Waals surface area contributed by atoms with Crippen LogP contribution in [0.1, 0.15) is 48.5 Å². The Bertz CT molecular complexity index is 846. The molecule has 0 saturated carbocycles. The number of benzene rings is 2. The zero-order valence-electron chi connectivity index (χ0n) is 16.6. The van der Waals surface area contributed by atoms with Gasteiger partial charge in [0.25, 0.3) is 0 Å². The van der Waals surface area contributed by atoms with E-state index in [1.807, 2.05) is 17.0 Å². The summed E-state index contributed by atoms with van der Waals surface area (Å²) in [5.74, 6) is 0.471. The van der Waals surface area contributed by atoms with Gasteiger partial charge in [-0.1, -0.05) is 25.5 Å². The fourth-order valence-corrected chi connectivity index (χ4v) is 3.40. The van der Waals surface area contributed by atoms with Crippen LogP contribution < -0.4 is 9.64 Å². The van der Waals surface area contributed by atoms with Crippen LogP contribution in [0.25, 0.3) is 0 Å². The zero-order valence-corrected chi connectivity index (χ0v) is 16.6. The summed E-state index contributed by atoms with van der Waals surface area (Å²) >= 11 is 0. The second-order valence-electron chi connectivity index (χ2n) is 6.98. The molecule has 0 bridgehead atoms. The van der Waals surface area contributed by atoms with Crippen molar-refractivity contribution in [3.63, 3.8) is 0 Å². The van der Waals surface area contributed by atoms with Crippen LogP contribution in [0.15, 0.2) is 47.5 Å². The molecule has 1 heterocycles. The number of hydrogen-bond donors (Lipinski definition) is 0. The Kier molecular flexibility index (Phi) is 6.80. The Hall–Kier alpha value is -2.69. The monoisotopic (exact) mass is 382 g/mol. The molecule has 0 atom stereocenters. The number of Topliss-reactive ketones (excluding diaryl/α,β-unsaturated/α-hetero) is 1. The summed E-state index contributed by atoms with van der Waals surface area (Å²) in [5.41, 5.74) is 2.23. The minimum atomic E-state index is -0.562. The lowest BCUT2D eigenvalue weighted by Crippen LogP contribution is -2.36. The molecule has 3 rings (SSSR count). The summed E-state index contributed by atoms with van der Waals surface area (Å²) in [4.78, 5) is 19.6. The molecule has 0 radical (unpaired) electrons. The zero-order chi connectivity index (χ0) is 19.9. The number of ketones is 1. The van der Waals surface area contributed by atoms with Gasteiger partial charge in [0.05, 0.1) is 19.2 Å². The van der Waals surface area contributed by atoms with Gasteiger partial charge in [-0.25, -0.2) is 4.39 Å². The van der Waals surface area contributed by atoms with Gasteiger partial charge in [0, 0.05) is 24.7 Å². The standard InChI is InChI=1S/C23H27FN2O2/c1-3-17-8-10-18(11-9-17)26(23-7-5-4-6-14-25-23)16-22(27)20-13-12-19(28-2)15-21(20)24/h8-13,15H,3-7,14,16H2,1-2H3. The second-order valence-corrected chi connectivity index (χ2v) is 6.98. The lowest BCUT2D eigenvalue weighted by molar-refractivity contribution is 0.0998. The van der Waals surface area contributed by atoms with E-state index in [1.165, 1.54) is 24.8 Å². The normalized spacial score (nSPS) is 14.2. The van der Waals surface area contributed by atoms with Gasteiger partial charge in [-0.15, -0.1) is 0 Å². The molecule has 0 unspecified atom stereocenters. The number of aliphatic imine (C=N–C) groups is 1. The predicted molar refractivity (Wildman–Crippen MR) is 111 cm³/mol. The van der Waals surface area contributed by atoms with E-state index in [1.54, 1.807) is 6.07 Å². The van der Waals surface area contributed by atoms with E-state index in [4.69, 9.17) is 9.73 Å². The maximum atomic E-state index is 14.4. The van der Waals surface area contributed by atoms with Crippen LogP contribution in [0.5, 0.6) is 5.75 Å². The smallest absolute Gasteiger partial charge is 0.185 e. The first-order chi connectivity index (χ1) is 13.6. The molecule has 0 N–H and O–H groups in total. The molecule has 0 amide bonds. The van der Waals surface area contributed by atoms with E-state index in [0.717, 1.165) is 50.2 Å². The number of amidine groups is 1. The largest absolute Gasteiger partial charge is 0.497 e. The second kappa shape index (κ2) is 9.49. The van der Waals surface area contributed by atoms with E-state index in [-0.39, 0.29) is 17.9 Å². The van der Waals surface area contributed by atoms with Crippen LogP contribution in [0.4, 0.5) is 10.1 Å². The molecule has 0 aliphatic carbocycles. The summed E-state index contributed by atoms with van der Waals surface area (Å²) in [6.45, 7) is 2.94. The van der Waals surface area contributed by atoms with Crippen molar-refractivity contribution in [2.75, 3.05) is 25.1 Å². The van der Waals surface area contributed by atoms with Gasteiger partial charge < -0.3 is 9.64 Å². The molecule has 0 fully saturated rings. The molecule has 4 nitrogen and oxygen atoms in total. The van der Waals surface area contributed by atoms with Gasteiger partial charge in [-0.2, -0.15) is 0 Å². The van der Waals surface area contributed by atoms with Gasteiger partial charge in [-0.05, 0) is 49.1 Å². The Morgan fingerprint density at radius 3 is 2.61 bits per heavy atom. The Balaban J connectivity index is 1.89. The SMILES string of the molecule is CCc1ccc(N(CC(=O)c2ccc(OC)cc2F)C2=NCCCCC2)cc1. The number of rotatable bonds is 6. The highest BCUT2D eigenvalue weighted by atomic mass is 19.1. The van der Waals surface area contributed by atoms with Crippen molar-refractivity contribution in [2.45, 2.75) is 39.0 Å². The number of nitrogens with zero attached hydrogens (tertiary/aromatic N) is 2. The first kappa shape index (κ1) is 20.1. The number of halogens is 1. The quantitative estimate of drug-likeness (QED) is 0.656. The highest BCUT2D eigenvalue weighted by Crippen LogP contribution is 2.22. The Morgan fingerprint density at radius 2 is 1.93 bits per heavy atom. The van der Waals surface area contributed by atoms with Gasteiger partial charge in [-0.3, -0.25) is 9.79 Å². The van der Waals surface area contributed by atoms with Crippen LogP contribution in [-0.2, 0) is 6.42 Å². The van der Waals surface area contributed by atoms with Crippen LogP contribution in [-0.4, -0.2) is 31.8 Å². The Labute approximate surface area is 166 Å². The summed E-state index contributed by atoms with van der Waals surface area (Å²) < 4.78 is 19.4. The van der Waals surface area contributed by atoms with Crippen LogP contribution in [0.2, 0.25) is 0 Å². The number of carbonyl (C=O) groups is 1. The maximum Gasteiger partial charge on any atom is 0.185 e. The number of carbonyl (C=O) groups excluding carboxylic acids is 1. The number of methoxy groups -OCH3 is 1. The van der Waals surface area contributed by atoms with Crippen molar-refractivity contribution >= 4 is 17.3 Å². The lowest BCUT2D eigenvalue weighted by Gasteiger charge is -2.26. The molecule has 0 saturated heterocycles. The number of anilines is 1. The van der Waals surface area contributed by atoms with E-state index >= 15 is 0 Å². The fourth-order valence-electron chi connectivity index (χ4n) is 3.40. The molecule has 5 heteroatoms. The first-order valence-electron chi connectivity index (χ1n) is 9.89. The number of hydrogen-bond acceptors (Lipinski definition) is 4. The molecule has 0 aromatic heterocycles. The minimum absolute atomic E-state index is 0.0630. The van der Waals surface area contributed by atoms with E-state index in [9.17, 15) is 9.18 Å². The molecule has 28 heavy (non-hydrogen) atoms. The van der Waals surface area contributed by atoms with Crippen molar-refractivity contribution in [3.05, 3.63) is 59.4 Å². The molecular weight excluding hydrogens is 355 g/mol. The molecule has 148 valence electrons. The van der Waals surface area contributed by atoms with E-state index in [0.29, 0.717) is 5.75 Å². The molecule has 1 aliphatic heterocycles. The Morgan fingerprint density at radius 1 is 1.14 bits per heavy atom. The predicted octanol–water partition coefficient (Wildman–Crippen LogP) is 5.06. The molecule has 2 aromatic rings. The summed E-state index contributed by atoms with van der Waals surface area (Å²) in [6.07, 6.45) is 5.03. The van der Waals surface area contributed by atoms with Gasteiger partial charge >= 0.3 is 0 Å². The van der Waals surface area contributed by atoms with E-state index in [2.05, 4.69) is 19.1 Å². The third-order valence-electron chi connectivity index (χ3n) is 5.10. The van der Waals surface area contributed by atoms with Crippen LogP contribution in [0, 0.1) is 5.82 Å². The molecular formula is C23H27FN2O2. The first-order valence-corrected chi connectivity index (χ1v) is 9.89. The van der Waals surface area contributed by atoms with E-state index < -0.39 is 5.82 Å². The lowest BCUT2D eigenvalue weighted by atomic mass is 10.1. The molecule has 0 spiro atoms. The fraction of sp³-hybridized carbons (Fsp3) is 0.391. The third kappa shape index (κ3) is 4.77. The van der Waals surface area contributed by atoms with Gasteiger partial charge in [0.1, 0.15) is 17.4 Å². The third-order valence-corrected chi connectivity index (χ3v) is 5.10. The van der Waals surface area contributed by atoms with Crippen LogP contribution in [0.3, 0.4) is 0 Å². The molecule has 1 aliphatic rings. The van der Waals surface area contributed by atoms with Gasteiger partial charge in [0.2, 0.25) is 0 Å². The summed E-state index contributed by atoms with van der Waals surface area (Å²) in [5, 5.41) is 0. The average molecular weight is 382 g/mol. The average Bonchev–Trinajstić information content (AvgIpc) is 3.01. The highest BCUT2D eigenvalue weighted by Gasteiger charge is 2.21.